The first-order valence-corrected chi connectivity index (χ1v) is 9.87. The number of benzene rings is 1. The van der Waals surface area contributed by atoms with Gasteiger partial charge in [-0.05, 0) is 56.0 Å². The molecule has 0 bridgehead atoms. The van der Waals surface area contributed by atoms with Gasteiger partial charge < -0.3 is 14.1 Å². The van der Waals surface area contributed by atoms with Crippen LogP contribution in [-0.2, 0) is 11.3 Å². The van der Waals surface area contributed by atoms with E-state index in [1.165, 1.54) is 0 Å². The van der Waals surface area contributed by atoms with Crippen LogP contribution in [0.5, 0.6) is 5.75 Å². The molecule has 27 heavy (non-hydrogen) atoms. The fraction of sp³-hybridized carbons (Fsp3) is 0.500. The van der Waals surface area contributed by atoms with Crippen LogP contribution in [0.3, 0.4) is 0 Å². The van der Waals surface area contributed by atoms with Gasteiger partial charge in [0.1, 0.15) is 22.8 Å². The highest BCUT2D eigenvalue weighted by atomic mass is 16.5. The number of carbonyl (C=O) groups is 1. The monoisotopic (exact) mass is 366 g/mol. The summed E-state index contributed by atoms with van der Waals surface area (Å²) in [5, 5.41) is 0. The Morgan fingerprint density at radius 3 is 2.96 bits per heavy atom. The molecule has 0 aliphatic carbocycles. The molecule has 3 saturated heterocycles. The number of amides is 1. The molecule has 3 fully saturated rings. The SMILES string of the molecule is COc1cccc(CN2C[C@@H]3C[C@@H](c4ccc(C)o4)N4CCC[C@@]34C2=O)c1. The number of methoxy groups -OCH3 is 1. The van der Waals surface area contributed by atoms with E-state index in [9.17, 15) is 4.79 Å². The maximum atomic E-state index is 13.6. The van der Waals surface area contributed by atoms with Crippen molar-refractivity contribution in [2.24, 2.45) is 5.92 Å². The first-order chi connectivity index (χ1) is 13.1. The largest absolute Gasteiger partial charge is 0.497 e. The summed E-state index contributed by atoms with van der Waals surface area (Å²) in [5.74, 6) is 3.50. The zero-order chi connectivity index (χ0) is 18.6. The molecule has 0 saturated carbocycles. The molecule has 1 spiro atoms. The second kappa shape index (κ2) is 6.13. The predicted octanol–water partition coefficient (Wildman–Crippen LogP) is 3.53. The van der Waals surface area contributed by atoms with E-state index in [4.69, 9.17) is 9.15 Å². The number of nitrogens with zero attached hydrogens (tertiary/aromatic N) is 2. The lowest BCUT2D eigenvalue weighted by Crippen LogP contribution is -2.49. The van der Waals surface area contributed by atoms with Gasteiger partial charge in [-0.1, -0.05) is 12.1 Å². The minimum atomic E-state index is -0.315. The van der Waals surface area contributed by atoms with Crippen molar-refractivity contribution in [1.29, 1.82) is 0 Å². The molecule has 0 radical (unpaired) electrons. The molecular formula is C22H26N2O3. The van der Waals surface area contributed by atoms with E-state index in [2.05, 4.69) is 21.9 Å². The number of carbonyl (C=O) groups excluding carboxylic acids is 1. The van der Waals surface area contributed by atoms with Gasteiger partial charge in [-0.15, -0.1) is 0 Å². The highest BCUT2D eigenvalue weighted by molar-refractivity contribution is 5.90. The van der Waals surface area contributed by atoms with E-state index in [-0.39, 0.29) is 11.6 Å². The Kier molecular flexibility index (Phi) is 3.83. The molecule has 3 aliphatic rings. The van der Waals surface area contributed by atoms with Gasteiger partial charge in [-0.25, -0.2) is 0 Å². The van der Waals surface area contributed by atoms with Crippen molar-refractivity contribution in [3.63, 3.8) is 0 Å². The third-order valence-electron chi connectivity index (χ3n) is 6.72. The first-order valence-electron chi connectivity index (χ1n) is 9.87. The van der Waals surface area contributed by atoms with Gasteiger partial charge in [0, 0.05) is 25.6 Å². The van der Waals surface area contributed by atoms with Crippen LogP contribution >= 0.6 is 0 Å². The number of rotatable bonds is 4. The number of aryl methyl sites for hydroxylation is 1. The van der Waals surface area contributed by atoms with E-state index in [0.29, 0.717) is 18.4 Å². The lowest BCUT2D eigenvalue weighted by Gasteiger charge is -2.32. The van der Waals surface area contributed by atoms with Crippen LogP contribution in [0.1, 0.15) is 42.4 Å². The smallest absolute Gasteiger partial charge is 0.243 e. The Hall–Kier alpha value is -2.27. The van der Waals surface area contributed by atoms with Crippen LogP contribution < -0.4 is 4.74 Å². The number of hydrogen-bond donors (Lipinski definition) is 0. The van der Waals surface area contributed by atoms with Crippen LogP contribution in [0.4, 0.5) is 0 Å². The molecule has 142 valence electrons. The van der Waals surface area contributed by atoms with Crippen molar-refractivity contribution in [2.45, 2.75) is 44.3 Å². The van der Waals surface area contributed by atoms with E-state index >= 15 is 0 Å². The molecule has 1 aromatic carbocycles. The summed E-state index contributed by atoms with van der Waals surface area (Å²) < 4.78 is 11.3. The van der Waals surface area contributed by atoms with Crippen LogP contribution in [0, 0.1) is 12.8 Å². The van der Waals surface area contributed by atoms with E-state index in [1.807, 2.05) is 31.2 Å². The lowest BCUT2D eigenvalue weighted by molar-refractivity contribution is -0.137. The van der Waals surface area contributed by atoms with Gasteiger partial charge in [0.25, 0.3) is 0 Å². The summed E-state index contributed by atoms with van der Waals surface area (Å²) in [6.07, 6.45) is 3.07. The molecule has 5 rings (SSSR count). The minimum absolute atomic E-state index is 0.245. The Labute approximate surface area is 159 Å². The van der Waals surface area contributed by atoms with Crippen molar-refractivity contribution in [1.82, 2.24) is 9.80 Å². The average Bonchev–Trinajstić information content (AvgIpc) is 3.40. The molecule has 2 aromatic rings. The molecule has 5 heteroatoms. The molecule has 5 nitrogen and oxygen atoms in total. The molecular weight excluding hydrogens is 340 g/mol. The average molecular weight is 366 g/mol. The summed E-state index contributed by atoms with van der Waals surface area (Å²) in [6.45, 7) is 4.47. The van der Waals surface area contributed by atoms with Gasteiger partial charge >= 0.3 is 0 Å². The molecule has 0 N–H and O–H groups in total. The maximum Gasteiger partial charge on any atom is 0.243 e. The second-order valence-electron chi connectivity index (χ2n) is 8.16. The summed E-state index contributed by atoms with van der Waals surface area (Å²) in [4.78, 5) is 18.1. The fourth-order valence-electron chi connectivity index (χ4n) is 5.61. The first kappa shape index (κ1) is 16.9. The fourth-order valence-corrected chi connectivity index (χ4v) is 5.61. The lowest BCUT2D eigenvalue weighted by atomic mass is 9.85. The molecule has 1 amide bonds. The minimum Gasteiger partial charge on any atom is -0.497 e. The zero-order valence-corrected chi connectivity index (χ0v) is 16.0. The number of ether oxygens (including phenoxy) is 1. The van der Waals surface area contributed by atoms with Gasteiger partial charge in [0.05, 0.1) is 13.2 Å². The predicted molar refractivity (Wildman–Crippen MR) is 101 cm³/mol. The van der Waals surface area contributed by atoms with Gasteiger partial charge in [0.2, 0.25) is 5.91 Å². The Balaban J connectivity index is 1.41. The van der Waals surface area contributed by atoms with Crippen LogP contribution in [0.2, 0.25) is 0 Å². The van der Waals surface area contributed by atoms with E-state index in [0.717, 1.165) is 55.2 Å². The Bertz CT molecular complexity index is 876. The van der Waals surface area contributed by atoms with Crippen molar-refractivity contribution >= 4 is 5.91 Å². The number of furan rings is 1. The molecule has 4 heterocycles. The summed E-state index contributed by atoms with van der Waals surface area (Å²) in [5.41, 5.74) is 0.811. The summed E-state index contributed by atoms with van der Waals surface area (Å²) in [6, 6.07) is 12.4. The van der Waals surface area contributed by atoms with Crippen LogP contribution in [0.15, 0.2) is 40.8 Å². The summed E-state index contributed by atoms with van der Waals surface area (Å²) >= 11 is 0. The second-order valence-corrected chi connectivity index (χ2v) is 8.16. The van der Waals surface area contributed by atoms with Crippen molar-refractivity contribution in [3.05, 3.63) is 53.5 Å². The third kappa shape index (κ3) is 2.44. The van der Waals surface area contributed by atoms with Crippen molar-refractivity contribution < 1.29 is 13.9 Å². The maximum absolute atomic E-state index is 13.6. The van der Waals surface area contributed by atoms with E-state index in [1.54, 1.807) is 7.11 Å². The van der Waals surface area contributed by atoms with E-state index < -0.39 is 0 Å². The topological polar surface area (TPSA) is 45.9 Å². The van der Waals surface area contributed by atoms with Crippen molar-refractivity contribution in [2.75, 3.05) is 20.2 Å². The van der Waals surface area contributed by atoms with Crippen LogP contribution in [-0.4, -0.2) is 41.4 Å². The van der Waals surface area contributed by atoms with Gasteiger partial charge in [-0.3, -0.25) is 9.69 Å². The quantitative estimate of drug-likeness (QED) is 0.830. The van der Waals surface area contributed by atoms with Gasteiger partial charge in [0.15, 0.2) is 0 Å². The number of hydrogen-bond acceptors (Lipinski definition) is 4. The van der Waals surface area contributed by atoms with Crippen molar-refractivity contribution in [3.8, 4) is 5.75 Å². The normalized spacial score (nSPS) is 30.0. The van der Waals surface area contributed by atoms with Gasteiger partial charge in [-0.2, -0.15) is 0 Å². The highest BCUT2D eigenvalue weighted by Gasteiger charge is 2.65. The number of likely N-dealkylation sites (tertiary alicyclic amines) is 1. The zero-order valence-electron chi connectivity index (χ0n) is 16.0. The van der Waals surface area contributed by atoms with Crippen LogP contribution in [0.25, 0.3) is 0 Å². The highest BCUT2D eigenvalue weighted by Crippen LogP contribution is 2.56. The Morgan fingerprint density at radius 1 is 1.30 bits per heavy atom. The summed E-state index contributed by atoms with van der Waals surface area (Å²) in [7, 11) is 1.68. The molecule has 3 aliphatic heterocycles. The molecule has 3 atom stereocenters. The molecule has 1 aromatic heterocycles. The molecule has 0 unspecified atom stereocenters. The third-order valence-corrected chi connectivity index (χ3v) is 6.72. The Morgan fingerprint density at radius 2 is 2.19 bits per heavy atom. The standard InChI is InChI=1S/C22H26N2O3/c1-15-7-8-20(27-15)19-12-17-14-23(13-16-5-3-6-18(11-16)26-2)21(25)22(17)9-4-10-24(19)22/h3,5-8,11,17,19H,4,9-10,12-14H2,1-2H3/t17-,19-,22-/m0/s1.